The van der Waals surface area contributed by atoms with Gasteiger partial charge in [-0.05, 0) is 30.8 Å². The van der Waals surface area contributed by atoms with Crippen LogP contribution in [-0.2, 0) is 4.79 Å². The average molecular weight is 196 g/mol. The fraction of sp³-hybridized carbons (Fsp3) is 0.750. The zero-order chi connectivity index (χ0) is 10.8. The summed E-state index contributed by atoms with van der Waals surface area (Å²) in [6, 6.07) is 0. The first-order chi connectivity index (χ1) is 6.39. The van der Waals surface area contributed by atoms with Crippen LogP contribution in [0, 0.1) is 5.41 Å². The molecule has 0 heterocycles. The van der Waals surface area contributed by atoms with Crippen LogP contribution in [0.4, 0.5) is 0 Å². The molecule has 0 saturated heterocycles. The van der Waals surface area contributed by atoms with Crippen LogP contribution in [-0.4, -0.2) is 17.0 Å². The first kappa shape index (κ1) is 11.4. The Bertz CT molecular complexity index is 246. The van der Waals surface area contributed by atoms with Gasteiger partial charge in [-0.15, -0.1) is 0 Å². The maximum absolute atomic E-state index is 11.1. The normalized spacial score (nSPS) is 20.6. The molecular formula is C12H20O2. The molecule has 1 atom stereocenters. The lowest BCUT2D eigenvalue weighted by molar-refractivity contribution is -0.115. The van der Waals surface area contributed by atoms with Crippen LogP contribution in [0.15, 0.2) is 11.6 Å². The van der Waals surface area contributed by atoms with E-state index < -0.39 is 0 Å². The van der Waals surface area contributed by atoms with Crippen molar-refractivity contribution in [2.24, 2.45) is 5.41 Å². The van der Waals surface area contributed by atoms with Gasteiger partial charge < -0.3 is 5.11 Å². The highest BCUT2D eigenvalue weighted by molar-refractivity contribution is 5.91. The molecule has 1 rings (SSSR count). The SMILES string of the molecule is CC(C)(C)C(O)CC1=CC(=O)CCC1. The van der Waals surface area contributed by atoms with Crippen molar-refractivity contribution in [2.75, 3.05) is 0 Å². The van der Waals surface area contributed by atoms with Crippen molar-refractivity contribution in [1.82, 2.24) is 0 Å². The molecule has 2 heteroatoms. The van der Waals surface area contributed by atoms with E-state index >= 15 is 0 Å². The second-order valence-corrected chi connectivity index (χ2v) is 5.21. The van der Waals surface area contributed by atoms with Crippen molar-refractivity contribution in [2.45, 2.75) is 52.6 Å². The number of carbonyl (C=O) groups is 1. The quantitative estimate of drug-likeness (QED) is 0.736. The Balaban J connectivity index is 2.56. The number of allylic oxidation sites excluding steroid dienone is 1. The molecule has 0 aromatic heterocycles. The zero-order valence-corrected chi connectivity index (χ0v) is 9.34. The first-order valence-corrected chi connectivity index (χ1v) is 5.30. The summed E-state index contributed by atoms with van der Waals surface area (Å²) in [6.07, 6.45) is 4.61. The molecule has 0 spiro atoms. The van der Waals surface area contributed by atoms with Crippen molar-refractivity contribution in [3.8, 4) is 0 Å². The molecule has 14 heavy (non-hydrogen) atoms. The van der Waals surface area contributed by atoms with Crippen LogP contribution in [0.2, 0.25) is 0 Å². The number of rotatable bonds is 2. The summed E-state index contributed by atoms with van der Waals surface area (Å²) in [5.41, 5.74) is 1.02. The lowest BCUT2D eigenvalue weighted by atomic mass is 9.83. The first-order valence-electron chi connectivity index (χ1n) is 5.30. The Morgan fingerprint density at radius 2 is 2.07 bits per heavy atom. The third-order valence-electron chi connectivity index (χ3n) is 2.74. The summed E-state index contributed by atoms with van der Waals surface area (Å²) in [6.45, 7) is 6.05. The van der Waals surface area contributed by atoms with E-state index in [4.69, 9.17) is 0 Å². The van der Waals surface area contributed by atoms with Gasteiger partial charge in [0.2, 0.25) is 0 Å². The van der Waals surface area contributed by atoms with Gasteiger partial charge in [0.05, 0.1) is 6.10 Å². The lowest BCUT2D eigenvalue weighted by Crippen LogP contribution is -2.26. The van der Waals surface area contributed by atoms with Crippen LogP contribution in [0.25, 0.3) is 0 Å². The molecule has 0 saturated carbocycles. The molecule has 2 nitrogen and oxygen atoms in total. The molecule has 1 aliphatic carbocycles. The van der Waals surface area contributed by atoms with Gasteiger partial charge in [-0.2, -0.15) is 0 Å². The number of hydrogen-bond acceptors (Lipinski definition) is 2. The van der Waals surface area contributed by atoms with Crippen molar-refractivity contribution in [3.05, 3.63) is 11.6 Å². The Labute approximate surface area is 86.0 Å². The van der Waals surface area contributed by atoms with Crippen LogP contribution in [0.1, 0.15) is 46.5 Å². The molecule has 0 fully saturated rings. The van der Waals surface area contributed by atoms with E-state index in [-0.39, 0.29) is 17.3 Å². The van der Waals surface area contributed by atoms with Crippen molar-refractivity contribution in [1.29, 1.82) is 0 Å². The zero-order valence-electron chi connectivity index (χ0n) is 9.34. The van der Waals surface area contributed by atoms with E-state index in [1.165, 1.54) is 0 Å². The van der Waals surface area contributed by atoms with E-state index in [1.807, 2.05) is 20.8 Å². The fourth-order valence-corrected chi connectivity index (χ4v) is 1.58. The van der Waals surface area contributed by atoms with Crippen LogP contribution >= 0.6 is 0 Å². The van der Waals surface area contributed by atoms with Crippen molar-refractivity contribution < 1.29 is 9.90 Å². The third-order valence-corrected chi connectivity index (χ3v) is 2.74. The van der Waals surface area contributed by atoms with Crippen LogP contribution in [0.5, 0.6) is 0 Å². The minimum absolute atomic E-state index is 0.0959. The average Bonchev–Trinajstić information content (AvgIpc) is 2.02. The van der Waals surface area contributed by atoms with Crippen LogP contribution in [0.3, 0.4) is 0 Å². The van der Waals surface area contributed by atoms with Gasteiger partial charge in [-0.1, -0.05) is 26.3 Å². The van der Waals surface area contributed by atoms with E-state index in [0.717, 1.165) is 18.4 Å². The van der Waals surface area contributed by atoms with Gasteiger partial charge in [-0.3, -0.25) is 4.79 Å². The van der Waals surface area contributed by atoms with E-state index in [1.54, 1.807) is 6.08 Å². The monoisotopic (exact) mass is 196 g/mol. The Hall–Kier alpha value is -0.630. The standard InChI is InChI=1S/C12H20O2/c1-12(2,3)11(14)8-9-5-4-6-10(13)7-9/h7,11,14H,4-6,8H2,1-3H3. The van der Waals surface area contributed by atoms with Gasteiger partial charge in [0.25, 0.3) is 0 Å². The Morgan fingerprint density at radius 3 is 2.57 bits per heavy atom. The molecule has 1 unspecified atom stereocenters. The Kier molecular flexibility index (Phi) is 3.48. The van der Waals surface area contributed by atoms with Gasteiger partial charge >= 0.3 is 0 Å². The summed E-state index contributed by atoms with van der Waals surface area (Å²) in [7, 11) is 0. The van der Waals surface area contributed by atoms with E-state index in [2.05, 4.69) is 0 Å². The minimum atomic E-state index is -0.348. The van der Waals surface area contributed by atoms with E-state index in [0.29, 0.717) is 12.8 Å². The highest BCUT2D eigenvalue weighted by atomic mass is 16.3. The van der Waals surface area contributed by atoms with Gasteiger partial charge in [0.15, 0.2) is 5.78 Å². The van der Waals surface area contributed by atoms with Crippen molar-refractivity contribution >= 4 is 5.78 Å². The molecule has 0 bridgehead atoms. The van der Waals surface area contributed by atoms with Crippen LogP contribution < -0.4 is 0 Å². The molecule has 0 aromatic rings. The molecule has 80 valence electrons. The predicted octanol–water partition coefficient (Wildman–Crippen LogP) is 2.46. The third kappa shape index (κ3) is 3.26. The summed E-state index contributed by atoms with van der Waals surface area (Å²) in [5, 5.41) is 9.87. The Morgan fingerprint density at radius 1 is 1.43 bits per heavy atom. The summed E-state index contributed by atoms with van der Waals surface area (Å²) in [5.74, 6) is 0.215. The minimum Gasteiger partial charge on any atom is -0.392 e. The maximum atomic E-state index is 11.1. The van der Waals surface area contributed by atoms with Gasteiger partial charge in [0.1, 0.15) is 0 Å². The number of carbonyl (C=O) groups excluding carboxylic acids is 1. The molecule has 1 N–H and O–H groups in total. The highest BCUT2D eigenvalue weighted by Gasteiger charge is 2.24. The van der Waals surface area contributed by atoms with Gasteiger partial charge in [-0.25, -0.2) is 0 Å². The fourth-order valence-electron chi connectivity index (χ4n) is 1.58. The second kappa shape index (κ2) is 4.26. The molecule has 0 radical (unpaired) electrons. The molecular weight excluding hydrogens is 176 g/mol. The topological polar surface area (TPSA) is 37.3 Å². The largest absolute Gasteiger partial charge is 0.392 e. The number of aliphatic hydroxyl groups is 1. The smallest absolute Gasteiger partial charge is 0.155 e. The molecule has 0 amide bonds. The van der Waals surface area contributed by atoms with Gasteiger partial charge in [0, 0.05) is 6.42 Å². The summed E-state index contributed by atoms with van der Waals surface area (Å²) < 4.78 is 0. The molecule has 1 aliphatic rings. The van der Waals surface area contributed by atoms with E-state index in [9.17, 15) is 9.90 Å². The predicted molar refractivity (Wildman–Crippen MR) is 57.0 cm³/mol. The molecule has 0 aliphatic heterocycles. The second-order valence-electron chi connectivity index (χ2n) is 5.21. The number of ketones is 1. The lowest BCUT2D eigenvalue weighted by Gasteiger charge is -2.27. The molecule has 0 aromatic carbocycles. The maximum Gasteiger partial charge on any atom is 0.155 e. The number of aliphatic hydroxyl groups excluding tert-OH is 1. The van der Waals surface area contributed by atoms with Crippen molar-refractivity contribution in [3.63, 3.8) is 0 Å². The summed E-state index contributed by atoms with van der Waals surface area (Å²) >= 11 is 0. The number of hydrogen-bond donors (Lipinski definition) is 1. The summed E-state index contributed by atoms with van der Waals surface area (Å²) in [4.78, 5) is 11.1. The highest BCUT2D eigenvalue weighted by Crippen LogP contribution is 2.27.